The first-order chi connectivity index (χ1) is 11.7. The van der Waals surface area contributed by atoms with Gasteiger partial charge < -0.3 is 14.6 Å². The summed E-state index contributed by atoms with van der Waals surface area (Å²) in [5.41, 5.74) is 1.28. The normalized spacial score (nSPS) is 10.6. The first kappa shape index (κ1) is 16.1. The van der Waals surface area contributed by atoms with E-state index < -0.39 is 0 Å². The van der Waals surface area contributed by atoms with Gasteiger partial charge in [0.25, 0.3) is 5.91 Å². The van der Waals surface area contributed by atoms with Gasteiger partial charge in [0.1, 0.15) is 28.6 Å². The van der Waals surface area contributed by atoms with Crippen molar-refractivity contribution in [2.75, 3.05) is 13.7 Å². The van der Waals surface area contributed by atoms with Gasteiger partial charge in [-0.1, -0.05) is 12.1 Å². The summed E-state index contributed by atoms with van der Waals surface area (Å²) in [4.78, 5) is 16.6. The van der Waals surface area contributed by atoms with E-state index in [1.165, 1.54) is 11.3 Å². The van der Waals surface area contributed by atoms with E-state index in [1.54, 1.807) is 18.8 Å². The number of aromatic nitrogens is 4. The average Bonchev–Trinajstić information content (AvgIpc) is 3.24. The maximum absolute atomic E-state index is 12.2. The van der Waals surface area contributed by atoms with E-state index in [9.17, 15) is 4.79 Å². The Labute approximate surface area is 143 Å². The third-order valence-corrected chi connectivity index (χ3v) is 4.40. The van der Waals surface area contributed by atoms with Crippen LogP contribution in [-0.2, 0) is 6.54 Å². The summed E-state index contributed by atoms with van der Waals surface area (Å²) in [6, 6.07) is 7.61. The molecule has 0 unspecified atom stereocenters. The van der Waals surface area contributed by atoms with Gasteiger partial charge >= 0.3 is 0 Å². The third kappa shape index (κ3) is 3.43. The van der Waals surface area contributed by atoms with Gasteiger partial charge in [-0.15, -0.1) is 21.5 Å². The van der Waals surface area contributed by atoms with Crippen molar-refractivity contribution in [2.45, 2.75) is 13.5 Å². The maximum Gasteiger partial charge on any atom is 0.270 e. The maximum atomic E-state index is 12.2. The van der Waals surface area contributed by atoms with E-state index >= 15 is 0 Å². The number of nitrogens with one attached hydrogen (secondary N) is 1. The molecule has 0 saturated carbocycles. The zero-order chi connectivity index (χ0) is 16.9. The molecule has 0 aliphatic carbocycles. The first-order valence-corrected chi connectivity index (χ1v) is 8.28. The molecule has 1 N–H and O–H groups in total. The lowest BCUT2D eigenvalue weighted by Gasteiger charge is -2.05. The predicted molar refractivity (Wildman–Crippen MR) is 91.2 cm³/mol. The van der Waals surface area contributed by atoms with E-state index in [0.29, 0.717) is 18.8 Å². The standard InChI is InChI=1S/C16H17N5O2S/c1-11-20-18-10-21(11)8-7-17-15(22)13-9-24-16(19-13)12-5-3-4-6-14(12)23-2/h3-6,9-10H,7-8H2,1-2H3,(H,17,22). The number of aryl methyl sites for hydroxylation is 1. The number of rotatable bonds is 6. The highest BCUT2D eigenvalue weighted by Crippen LogP contribution is 2.31. The SMILES string of the molecule is COc1ccccc1-c1nc(C(=O)NCCn2cnnc2C)cs1. The minimum Gasteiger partial charge on any atom is -0.496 e. The Kier molecular flexibility index (Phi) is 4.85. The van der Waals surface area contributed by atoms with Gasteiger partial charge in [0.15, 0.2) is 0 Å². The molecule has 0 fully saturated rings. The molecule has 24 heavy (non-hydrogen) atoms. The molecule has 1 aromatic carbocycles. The molecule has 0 aliphatic heterocycles. The number of carbonyl (C=O) groups is 1. The lowest BCUT2D eigenvalue weighted by atomic mass is 10.2. The first-order valence-electron chi connectivity index (χ1n) is 7.40. The average molecular weight is 343 g/mol. The number of hydrogen-bond donors (Lipinski definition) is 1. The molecular weight excluding hydrogens is 326 g/mol. The number of methoxy groups -OCH3 is 1. The topological polar surface area (TPSA) is 81.9 Å². The Balaban J connectivity index is 1.64. The highest BCUT2D eigenvalue weighted by molar-refractivity contribution is 7.13. The zero-order valence-corrected chi connectivity index (χ0v) is 14.2. The van der Waals surface area contributed by atoms with Gasteiger partial charge in [-0.2, -0.15) is 0 Å². The second-order valence-corrected chi connectivity index (χ2v) is 5.92. The van der Waals surface area contributed by atoms with Crippen LogP contribution in [0.15, 0.2) is 36.0 Å². The van der Waals surface area contributed by atoms with Crippen LogP contribution < -0.4 is 10.1 Å². The lowest BCUT2D eigenvalue weighted by Crippen LogP contribution is -2.27. The zero-order valence-electron chi connectivity index (χ0n) is 13.4. The predicted octanol–water partition coefficient (Wildman–Crippen LogP) is 2.15. The van der Waals surface area contributed by atoms with Crippen molar-refractivity contribution in [1.82, 2.24) is 25.1 Å². The number of nitrogens with zero attached hydrogens (tertiary/aromatic N) is 4. The van der Waals surface area contributed by atoms with Crippen molar-refractivity contribution in [2.24, 2.45) is 0 Å². The molecule has 1 amide bonds. The van der Waals surface area contributed by atoms with Gasteiger partial charge in [-0.25, -0.2) is 4.98 Å². The number of ether oxygens (including phenoxy) is 1. The Bertz CT molecular complexity index is 842. The Morgan fingerprint density at radius 3 is 2.96 bits per heavy atom. The molecule has 3 aromatic rings. The molecule has 0 radical (unpaired) electrons. The minimum atomic E-state index is -0.196. The fraction of sp³-hybridized carbons (Fsp3) is 0.250. The van der Waals surface area contributed by atoms with Crippen LogP contribution in [0.4, 0.5) is 0 Å². The van der Waals surface area contributed by atoms with Crippen LogP contribution in [0.3, 0.4) is 0 Å². The van der Waals surface area contributed by atoms with Crippen molar-refractivity contribution in [3.8, 4) is 16.3 Å². The molecular formula is C16H17N5O2S. The molecule has 0 aliphatic rings. The minimum absolute atomic E-state index is 0.196. The summed E-state index contributed by atoms with van der Waals surface area (Å²) in [5, 5.41) is 13.1. The quantitative estimate of drug-likeness (QED) is 0.741. The number of amides is 1. The summed E-state index contributed by atoms with van der Waals surface area (Å²) in [6.45, 7) is 2.97. The number of para-hydroxylation sites is 1. The van der Waals surface area contributed by atoms with Gasteiger partial charge in [0.2, 0.25) is 0 Å². The van der Waals surface area contributed by atoms with E-state index in [0.717, 1.165) is 22.1 Å². The van der Waals surface area contributed by atoms with Crippen molar-refractivity contribution in [3.63, 3.8) is 0 Å². The Morgan fingerprint density at radius 2 is 2.21 bits per heavy atom. The van der Waals surface area contributed by atoms with Gasteiger partial charge in [0.05, 0.1) is 12.7 Å². The number of thiazole rings is 1. The molecule has 2 aromatic heterocycles. The van der Waals surface area contributed by atoms with Crippen molar-refractivity contribution >= 4 is 17.2 Å². The van der Waals surface area contributed by atoms with E-state index in [1.807, 2.05) is 35.8 Å². The van der Waals surface area contributed by atoms with Crippen LogP contribution >= 0.6 is 11.3 Å². The number of benzene rings is 1. The molecule has 7 nitrogen and oxygen atoms in total. The number of carbonyl (C=O) groups excluding carboxylic acids is 1. The fourth-order valence-electron chi connectivity index (χ4n) is 2.24. The fourth-order valence-corrected chi connectivity index (χ4v) is 3.07. The summed E-state index contributed by atoms with van der Waals surface area (Å²) in [7, 11) is 1.62. The number of hydrogen-bond acceptors (Lipinski definition) is 6. The summed E-state index contributed by atoms with van der Waals surface area (Å²) < 4.78 is 7.22. The van der Waals surface area contributed by atoms with Crippen LogP contribution in [0.25, 0.3) is 10.6 Å². The smallest absolute Gasteiger partial charge is 0.270 e. The molecule has 8 heteroatoms. The largest absolute Gasteiger partial charge is 0.496 e. The molecule has 0 saturated heterocycles. The highest BCUT2D eigenvalue weighted by Gasteiger charge is 2.14. The Hall–Kier alpha value is -2.74. The summed E-state index contributed by atoms with van der Waals surface area (Å²) in [5.74, 6) is 1.36. The lowest BCUT2D eigenvalue weighted by molar-refractivity contribution is 0.0948. The second kappa shape index (κ2) is 7.22. The van der Waals surface area contributed by atoms with E-state index in [-0.39, 0.29) is 5.91 Å². The van der Waals surface area contributed by atoms with Crippen LogP contribution in [0, 0.1) is 6.92 Å². The van der Waals surface area contributed by atoms with Crippen molar-refractivity contribution in [3.05, 3.63) is 47.5 Å². The van der Waals surface area contributed by atoms with E-state index in [2.05, 4.69) is 20.5 Å². The van der Waals surface area contributed by atoms with Crippen molar-refractivity contribution < 1.29 is 9.53 Å². The molecule has 0 spiro atoms. The van der Waals surface area contributed by atoms with Crippen LogP contribution in [-0.4, -0.2) is 39.3 Å². The van der Waals surface area contributed by atoms with Crippen LogP contribution in [0.5, 0.6) is 5.75 Å². The summed E-state index contributed by atoms with van der Waals surface area (Å²) >= 11 is 1.42. The summed E-state index contributed by atoms with van der Waals surface area (Å²) in [6.07, 6.45) is 1.64. The van der Waals surface area contributed by atoms with Gasteiger partial charge in [-0.3, -0.25) is 4.79 Å². The Morgan fingerprint density at radius 1 is 1.38 bits per heavy atom. The van der Waals surface area contributed by atoms with Gasteiger partial charge in [-0.05, 0) is 19.1 Å². The molecule has 0 bridgehead atoms. The molecule has 0 atom stereocenters. The molecule has 2 heterocycles. The van der Waals surface area contributed by atoms with Crippen molar-refractivity contribution in [1.29, 1.82) is 0 Å². The van der Waals surface area contributed by atoms with E-state index in [4.69, 9.17) is 4.74 Å². The highest BCUT2D eigenvalue weighted by atomic mass is 32.1. The second-order valence-electron chi connectivity index (χ2n) is 5.07. The molecule has 3 rings (SSSR count). The third-order valence-electron chi connectivity index (χ3n) is 3.52. The molecule has 124 valence electrons. The van der Waals surface area contributed by atoms with Crippen LogP contribution in [0.1, 0.15) is 16.3 Å². The van der Waals surface area contributed by atoms with Crippen LogP contribution in [0.2, 0.25) is 0 Å². The van der Waals surface area contributed by atoms with Gasteiger partial charge in [0, 0.05) is 18.5 Å². The monoisotopic (exact) mass is 343 g/mol.